The number of carbonyl (C=O) groups is 1. The van der Waals surface area contributed by atoms with E-state index in [0.717, 1.165) is 11.5 Å². The van der Waals surface area contributed by atoms with Crippen LogP contribution < -0.4 is 4.74 Å². The molecule has 0 amide bonds. The lowest BCUT2D eigenvalue weighted by molar-refractivity contribution is -0.116. The molecule has 1 aromatic rings. The molecule has 0 aromatic heterocycles. The molecule has 0 heterocycles. The summed E-state index contributed by atoms with van der Waals surface area (Å²) in [6.45, 7) is 3.73. The number of hydrogen-bond acceptors (Lipinski definition) is 3. The van der Waals surface area contributed by atoms with Crippen molar-refractivity contribution in [1.29, 1.82) is 0 Å². The van der Waals surface area contributed by atoms with Crippen molar-refractivity contribution in [3.05, 3.63) is 30.3 Å². The Balaban J connectivity index is 2.49. The topological polar surface area (TPSA) is 26.3 Å². The monoisotopic (exact) mass is 210 g/mol. The lowest BCUT2D eigenvalue weighted by Gasteiger charge is -2.12. The van der Waals surface area contributed by atoms with E-state index < -0.39 is 0 Å². The number of hydrogen-bond donors (Lipinski definition) is 0. The number of ether oxygens (including phenoxy) is 1. The predicted octanol–water partition coefficient (Wildman–Crippen LogP) is 2.73. The van der Waals surface area contributed by atoms with Crippen molar-refractivity contribution in [3.63, 3.8) is 0 Å². The zero-order valence-corrected chi connectivity index (χ0v) is 9.21. The summed E-state index contributed by atoms with van der Waals surface area (Å²) in [5.74, 6) is 1.53. The minimum Gasteiger partial charge on any atom is -0.482 e. The molecular weight excluding hydrogens is 196 g/mol. The zero-order chi connectivity index (χ0) is 10.4. The maximum Gasteiger partial charge on any atom is 0.229 e. The van der Waals surface area contributed by atoms with Gasteiger partial charge in [-0.25, -0.2) is 0 Å². The first kappa shape index (κ1) is 11.1. The van der Waals surface area contributed by atoms with Gasteiger partial charge in [0.15, 0.2) is 6.10 Å². The summed E-state index contributed by atoms with van der Waals surface area (Å²) in [7, 11) is 0. The summed E-state index contributed by atoms with van der Waals surface area (Å²) in [6.07, 6.45) is -0.373. The fourth-order valence-electron chi connectivity index (χ4n) is 1.01. The third kappa shape index (κ3) is 3.42. The van der Waals surface area contributed by atoms with Crippen molar-refractivity contribution in [2.75, 3.05) is 5.75 Å². The maximum absolute atomic E-state index is 11.4. The summed E-state index contributed by atoms with van der Waals surface area (Å²) in [6, 6.07) is 9.39. The highest BCUT2D eigenvalue weighted by Gasteiger charge is 2.13. The molecule has 0 N–H and O–H groups in total. The Hall–Kier alpha value is -0.960. The fourth-order valence-corrected chi connectivity index (χ4v) is 1.58. The van der Waals surface area contributed by atoms with Gasteiger partial charge in [-0.05, 0) is 24.8 Å². The van der Waals surface area contributed by atoms with E-state index in [-0.39, 0.29) is 11.2 Å². The molecule has 76 valence electrons. The van der Waals surface area contributed by atoms with Gasteiger partial charge in [-0.1, -0.05) is 36.9 Å². The quantitative estimate of drug-likeness (QED) is 0.764. The zero-order valence-electron chi connectivity index (χ0n) is 8.40. The molecule has 1 rings (SSSR count). The van der Waals surface area contributed by atoms with Gasteiger partial charge in [0.25, 0.3) is 0 Å². The lowest BCUT2D eigenvalue weighted by Crippen LogP contribution is -2.21. The number of carbonyl (C=O) groups excluding carboxylic acids is 1. The van der Waals surface area contributed by atoms with Gasteiger partial charge in [0, 0.05) is 0 Å². The third-order valence-electron chi connectivity index (χ3n) is 1.67. The molecule has 0 saturated carbocycles. The Morgan fingerprint density at radius 2 is 2.07 bits per heavy atom. The first-order valence-corrected chi connectivity index (χ1v) is 5.61. The summed E-state index contributed by atoms with van der Waals surface area (Å²) < 4.78 is 5.46. The molecule has 1 unspecified atom stereocenters. The molecule has 0 saturated heterocycles. The summed E-state index contributed by atoms with van der Waals surface area (Å²) in [5, 5.41) is 0.0800. The van der Waals surface area contributed by atoms with Crippen LogP contribution in [0.2, 0.25) is 0 Å². The Morgan fingerprint density at radius 1 is 1.43 bits per heavy atom. The highest BCUT2D eigenvalue weighted by molar-refractivity contribution is 8.13. The van der Waals surface area contributed by atoms with Crippen LogP contribution in [-0.4, -0.2) is 17.0 Å². The van der Waals surface area contributed by atoms with Crippen LogP contribution in [0.3, 0.4) is 0 Å². The molecule has 0 aliphatic heterocycles. The molecule has 0 spiro atoms. The van der Waals surface area contributed by atoms with Crippen LogP contribution in [0.5, 0.6) is 5.75 Å². The Kier molecular flexibility index (Phi) is 4.53. The lowest BCUT2D eigenvalue weighted by atomic mass is 10.3. The van der Waals surface area contributed by atoms with Gasteiger partial charge in [-0.3, -0.25) is 4.79 Å². The van der Waals surface area contributed by atoms with Gasteiger partial charge in [-0.2, -0.15) is 0 Å². The highest BCUT2D eigenvalue weighted by Crippen LogP contribution is 2.14. The van der Waals surface area contributed by atoms with Crippen molar-refractivity contribution in [2.24, 2.45) is 0 Å². The molecule has 0 fully saturated rings. The summed E-state index contributed by atoms with van der Waals surface area (Å²) >= 11 is 1.29. The molecule has 3 heteroatoms. The molecular formula is C11H14O2S. The Bertz CT molecular complexity index is 285. The molecule has 0 aliphatic carbocycles. The fraction of sp³-hybridized carbons (Fsp3) is 0.364. The van der Waals surface area contributed by atoms with Crippen molar-refractivity contribution in [2.45, 2.75) is 20.0 Å². The molecule has 1 atom stereocenters. The normalized spacial score (nSPS) is 12.1. The van der Waals surface area contributed by atoms with E-state index in [4.69, 9.17) is 4.74 Å². The SMILES string of the molecule is CCSC(=O)C(C)Oc1ccccc1. The van der Waals surface area contributed by atoms with E-state index in [1.165, 1.54) is 11.8 Å². The molecule has 1 aromatic carbocycles. The van der Waals surface area contributed by atoms with Crippen molar-refractivity contribution >= 4 is 16.9 Å². The van der Waals surface area contributed by atoms with Gasteiger partial charge < -0.3 is 4.74 Å². The standard InChI is InChI=1S/C11H14O2S/c1-3-14-11(12)9(2)13-10-7-5-4-6-8-10/h4-9H,3H2,1-2H3. The summed E-state index contributed by atoms with van der Waals surface area (Å²) in [5.41, 5.74) is 0. The Labute approximate surface area is 88.7 Å². The Morgan fingerprint density at radius 3 is 2.64 bits per heavy atom. The number of para-hydroxylation sites is 1. The molecule has 0 aliphatic rings. The second-order valence-corrected chi connectivity index (χ2v) is 4.09. The van der Waals surface area contributed by atoms with E-state index in [1.807, 2.05) is 37.3 Å². The third-order valence-corrected chi connectivity index (χ3v) is 2.58. The summed E-state index contributed by atoms with van der Waals surface area (Å²) in [4.78, 5) is 11.4. The van der Waals surface area contributed by atoms with E-state index >= 15 is 0 Å². The molecule has 0 bridgehead atoms. The van der Waals surface area contributed by atoms with Gasteiger partial charge in [0.05, 0.1) is 0 Å². The second kappa shape index (κ2) is 5.70. The largest absolute Gasteiger partial charge is 0.482 e. The smallest absolute Gasteiger partial charge is 0.229 e. The average Bonchev–Trinajstić information content (AvgIpc) is 2.19. The van der Waals surface area contributed by atoms with E-state index in [0.29, 0.717) is 0 Å². The minimum atomic E-state index is -0.373. The first-order valence-electron chi connectivity index (χ1n) is 4.62. The molecule has 14 heavy (non-hydrogen) atoms. The van der Waals surface area contributed by atoms with Crippen LogP contribution in [-0.2, 0) is 4.79 Å². The first-order chi connectivity index (χ1) is 6.74. The highest BCUT2D eigenvalue weighted by atomic mass is 32.2. The number of thioether (sulfide) groups is 1. The van der Waals surface area contributed by atoms with Crippen LogP contribution in [0.1, 0.15) is 13.8 Å². The predicted molar refractivity (Wildman–Crippen MR) is 59.7 cm³/mol. The van der Waals surface area contributed by atoms with Gasteiger partial charge in [0.2, 0.25) is 5.12 Å². The van der Waals surface area contributed by atoms with Crippen molar-refractivity contribution < 1.29 is 9.53 Å². The molecule has 2 nitrogen and oxygen atoms in total. The van der Waals surface area contributed by atoms with E-state index in [9.17, 15) is 4.79 Å². The second-order valence-electron chi connectivity index (χ2n) is 2.83. The van der Waals surface area contributed by atoms with E-state index in [2.05, 4.69) is 0 Å². The van der Waals surface area contributed by atoms with Gasteiger partial charge in [-0.15, -0.1) is 0 Å². The van der Waals surface area contributed by atoms with Gasteiger partial charge in [0.1, 0.15) is 5.75 Å². The van der Waals surface area contributed by atoms with Crippen molar-refractivity contribution in [1.82, 2.24) is 0 Å². The van der Waals surface area contributed by atoms with Crippen LogP contribution in [0.15, 0.2) is 30.3 Å². The van der Waals surface area contributed by atoms with Crippen LogP contribution in [0.4, 0.5) is 0 Å². The van der Waals surface area contributed by atoms with Crippen molar-refractivity contribution in [3.8, 4) is 5.75 Å². The number of benzene rings is 1. The van der Waals surface area contributed by atoms with Crippen LogP contribution >= 0.6 is 11.8 Å². The molecule has 0 radical (unpaired) electrons. The van der Waals surface area contributed by atoms with Crippen LogP contribution in [0.25, 0.3) is 0 Å². The average molecular weight is 210 g/mol. The maximum atomic E-state index is 11.4. The van der Waals surface area contributed by atoms with Gasteiger partial charge >= 0.3 is 0 Å². The van der Waals surface area contributed by atoms with Crippen LogP contribution in [0, 0.1) is 0 Å². The van der Waals surface area contributed by atoms with E-state index in [1.54, 1.807) is 6.92 Å². The number of rotatable bonds is 4. The minimum absolute atomic E-state index is 0.0800.